The molecule has 0 amide bonds. The van der Waals surface area contributed by atoms with Crippen molar-refractivity contribution in [2.24, 2.45) is 0 Å². The molecule has 0 saturated carbocycles. The van der Waals surface area contributed by atoms with Crippen LogP contribution >= 0.6 is 0 Å². The maximum atomic E-state index is 5.93. The van der Waals surface area contributed by atoms with Gasteiger partial charge in [0.05, 0.1) is 0 Å². The van der Waals surface area contributed by atoms with E-state index in [0.717, 1.165) is 12.2 Å². The highest BCUT2D eigenvalue weighted by Crippen LogP contribution is 2.27. The molecule has 1 aliphatic heterocycles. The van der Waals surface area contributed by atoms with Crippen molar-refractivity contribution < 1.29 is 4.74 Å². The minimum Gasteiger partial charge on any atom is -0.486 e. The van der Waals surface area contributed by atoms with E-state index < -0.39 is 0 Å². The van der Waals surface area contributed by atoms with Crippen LogP contribution < -0.4 is 4.74 Å². The molecule has 16 heavy (non-hydrogen) atoms. The Hall–Kier alpha value is -1.24. The lowest BCUT2D eigenvalue weighted by atomic mass is 10.0. The fourth-order valence-electron chi connectivity index (χ4n) is 2.07. The third-order valence-corrected chi connectivity index (χ3v) is 3.03. The fraction of sp³-hybridized carbons (Fsp3) is 0.467. The lowest BCUT2D eigenvalue weighted by Crippen LogP contribution is -2.16. The van der Waals surface area contributed by atoms with E-state index in [-0.39, 0.29) is 6.10 Å². The Balaban J connectivity index is 1.84. The average Bonchev–Trinajstić information content (AvgIpc) is 2.34. The van der Waals surface area contributed by atoms with Gasteiger partial charge in [-0.25, -0.2) is 0 Å². The minimum atomic E-state index is 0.284. The van der Waals surface area contributed by atoms with Crippen LogP contribution in [0.25, 0.3) is 6.08 Å². The van der Waals surface area contributed by atoms with Gasteiger partial charge in [0.25, 0.3) is 0 Å². The number of unbranched alkanes of at least 4 members (excludes halogenated alkanes) is 3. The monoisotopic (exact) mass is 216 g/mol. The van der Waals surface area contributed by atoms with Crippen molar-refractivity contribution >= 4 is 6.08 Å². The van der Waals surface area contributed by atoms with E-state index in [9.17, 15) is 0 Å². The molecule has 1 aromatic rings. The zero-order valence-electron chi connectivity index (χ0n) is 9.99. The summed E-state index contributed by atoms with van der Waals surface area (Å²) in [6, 6.07) is 8.23. The highest BCUT2D eigenvalue weighted by molar-refractivity contribution is 5.59. The second-order valence-corrected chi connectivity index (χ2v) is 4.40. The van der Waals surface area contributed by atoms with Gasteiger partial charge in [0.1, 0.15) is 11.9 Å². The molecular formula is C15H20O. The predicted octanol–water partition coefficient (Wildman–Crippen LogP) is 4.43. The normalized spacial score (nSPS) is 17.9. The van der Waals surface area contributed by atoms with Crippen LogP contribution in [0.3, 0.4) is 0 Å². The predicted molar refractivity (Wildman–Crippen MR) is 68.7 cm³/mol. The summed E-state index contributed by atoms with van der Waals surface area (Å²) in [5.74, 6) is 1.03. The molecule has 1 aromatic carbocycles. The molecule has 0 aromatic heterocycles. The Morgan fingerprint density at radius 3 is 2.88 bits per heavy atom. The smallest absolute Gasteiger partial charge is 0.127 e. The molecule has 0 spiro atoms. The first kappa shape index (κ1) is 11.3. The van der Waals surface area contributed by atoms with E-state index >= 15 is 0 Å². The van der Waals surface area contributed by atoms with Crippen LogP contribution in [0.1, 0.15) is 44.6 Å². The number of hydrogen-bond donors (Lipinski definition) is 0. The molecule has 1 atom stereocenters. The van der Waals surface area contributed by atoms with Crippen molar-refractivity contribution in [3.05, 3.63) is 35.9 Å². The molecule has 1 aliphatic rings. The van der Waals surface area contributed by atoms with Gasteiger partial charge in [0.15, 0.2) is 0 Å². The molecule has 1 unspecified atom stereocenters. The molecule has 0 fully saturated rings. The number of ether oxygens (including phenoxy) is 1. The fourth-order valence-corrected chi connectivity index (χ4v) is 2.07. The van der Waals surface area contributed by atoms with Crippen molar-refractivity contribution in [3.8, 4) is 5.75 Å². The highest BCUT2D eigenvalue weighted by atomic mass is 16.5. The minimum absolute atomic E-state index is 0.284. The number of hydrogen-bond acceptors (Lipinski definition) is 1. The first-order chi connectivity index (χ1) is 7.90. The first-order valence-corrected chi connectivity index (χ1v) is 6.34. The third kappa shape index (κ3) is 2.88. The van der Waals surface area contributed by atoms with Crippen LogP contribution in [-0.2, 0) is 0 Å². The zero-order valence-corrected chi connectivity index (χ0v) is 9.99. The van der Waals surface area contributed by atoms with E-state index in [2.05, 4.69) is 31.2 Å². The van der Waals surface area contributed by atoms with Gasteiger partial charge in [-0.1, -0.05) is 50.5 Å². The SMILES string of the molecule is CCCCCCC1C=Cc2ccccc2O1. The standard InChI is InChI=1S/C15H20O/c1-2-3-4-5-9-14-12-11-13-8-6-7-10-15(13)16-14/h6-8,10-12,14H,2-5,9H2,1H3. The maximum absolute atomic E-state index is 5.93. The Labute approximate surface area is 98.1 Å². The number of benzene rings is 1. The summed E-state index contributed by atoms with van der Waals surface area (Å²) >= 11 is 0. The molecule has 0 radical (unpaired) electrons. The van der Waals surface area contributed by atoms with Crippen molar-refractivity contribution in [3.63, 3.8) is 0 Å². The molecule has 2 rings (SSSR count). The summed E-state index contributed by atoms with van der Waals surface area (Å²) in [4.78, 5) is 0. The maximum Gasteiger partial charge on any atom is 0.127 e. The molecule has 0 N–H and O–H groups in total. The van der Waals surface area contributed by atoms with E-state index in [4.69, 9.17) is 4.74 Å². The summed E-state index contributed by atoms with van der Waals surface area (Å²) in [5.41, 5.74) is 1.20. The first-order valence-electron chi connectivity index (χ1n) is 6.34. The van der Waals surface area contributed by atoms with Gasteiger partial charge in [0.2, 0.25) is 0 Å². The van der Waals surface area contributed by atoms with E-state index in [0.29, 0.717) is 0 Å². The van der Waals surface area contributed by atoms with Crippen LogP contribution in [0.5, 0.6) is 5.75 Å². The van der Waals surface area contributed by atoms with Crippen molar-refractivity contribution in [2.75, 3.05) is 0 Å². The van der Waals surface area contributed by atoms with E-state index in [1.54, 1.807) is 0 Å². The summed E-state index contributed by atoms with van der Waals surface area (Å²) in [7, 11) is 0. The van der Waals surface area contributed by atoms with Crippen LogP contribution in [0.4, 0.5) is 0 Å². The van der Waals surface area contributed by atoms with Gasteiger partial charge in [-0.2, -0.15) is 0 Å². The van der Waals surface area contributed by atoms with Crippen LogP contribution in [0.15, 0.2) is 30.3 Å². The Morgan fingerprint density at radius 2 is 2.00 bits per heavy atom. The molecule has 86 valence electrons. The van der Waals surface area contributed by atoms with Crippen molar-refractivity contribution in [1.29, 1.82) is 0 Å². The topological polar surface area (TPSA) is 9.23 Å². The van der Waals surface area contributed by atoms with Crippen LogP contribution in [-0.4, -0.2) is 6.10 Å². The van der Waals surface area contributed by atoms with Gasteiger partial charge in [0, 0.05) is 5.56 Å². The number of rotatable bonds is 5. The van der Waals surface area contributed by atoms with Gasteiger partial charge >= 0.3 is 0 Å². The number of para-hydroxylation sites is 1. The van der Waals surface area contributed by atoms with Gasteiger partial charge in [-0.15, -0.1) is 0 Å². The zero-order chi connectivity index (χ0) is 11.2. The molecule has 1 heteroatoms. The van der Waals surface area contributed by atoms with Gasteiger partial charge in [-0.3, -0.25) is 0 Å². The molecule has 1 nitrogen and oxygen atoms in total. The molecular weight excluding hydrogens is 196 g/mol. The summed E-state index contributed by atoms with van der Waals surface area (Å²) < 4.78 is 5.93. The molecule has 0 saturated heterocycles. The molecule has 0 bridgehead atoms. The average molecular weight is 216 g/mol. The highest BCUT2D eigenvalue weighted by Gasteiger charge is 2.13. The van der Waals surface area contributed by atoms with E-state index in [1.165, 1.54) is 31.2 Å². The lowest BCUT2D eigenvalue weighted by molar-refractivity contribution is 0.230. The quantitative estimate of drug-likeness (QED) is 0.661. The molecule has 0 aliphatic carbocycles. The second-order valence-electron chi connectivity index (χ2n) is 4.40. The lowest BCUT2D eigenvalue weighted by Gasteiger charge is -2.21. The van der Waals surface area contributed by atoms with Crippen LogP contribution in [0.2, 0.25) is 0 Å². The summed E-state index contributed by atoms with van der Waals surface area (Å²) in [6.45, 7) is 2.24. The Bertz CT molecular complexity index is 354. The van der Waals surface area contributed by atoms with Crippen molar-refractivity contribution in [2.45, 2.75) is 45.1 Å². The Kier molecular flexibility index (Phi) is 4.03. The van der Waals surface area contributed by atoms with Gasteiger partial charge < -0.3 is 4.74 Å². The van der Waals surface area contributed by atoms with Crippen molar-refractivity contribution in [1.82, 2.24) is 0 Å². The third-order valence-electron chi connectivity index (χ3n) is 3.03. The summed E-state index contributed by atoms with van der Waals surface area (Å²) in [5, 5.41) is 0. The largest absolute Gasteiger partial charge is 0.486 e. The van der Waals surface area contributed by atoms with Gasteiger partial charge in [-0.05, 0) is 25.0 Å². The Morgan fingerprint density at radius 1 is 1.12 bits per heavy atom. The summed E-state index contributed by atoms with van der Waals surface area (Å²) in [6.07, 6.45) is 11.0. The molecule has 1 heterocycles. The number of fused-ring (bicyclic) bond motifs is 1. The van der Waals surface area contributed by atoms with E-state index in [1.807, 2.05) is 12.1 Å². The van der Waals surface area contributed by atoms with Crippen LogP contribution in [0, 0.1) is 0 Å². The second kappa shape index (κ2) is 5.74.